The van der Waals surface area contributed by atoms with Gasteiger partial charge < -0.3 is 9.47 Å². The Hall–Kier alpha value is -2.64. The third kappa shape index (κ3) is 4.56. The summed E-state index contributed by atoms with van der Waals surface area (Å²) in [6.45, 7) is 4.14. The van der Waals surface area contributed by atoms with Crippen molar-refractivity contribution in [1.82, 2.24) is 0 Å². The van der Waals surface area contributed by atoms with Crippen molar-refractivity contribution in [3.05, 3.63) is 39.4 Å². The van der Waals surface area contributed by atoms with E-state index in [0.717, 1.165) is 5.56 Å². The molecule has 0 aliphatic rings. The average molecular weight is 283 g/mol. The molecule has 0 amide bonds. The molecule has 0 radical (unpaired) electrons. The lowest BCUT2D eigenvalue weighted by atomic mass is 10.1. The van der Waals surface area contributed by atoms with Crippen molar-refractivity contribution in [3.8, 4) is 5.75 Å². The Morgan fingerprint density at radius 1 is 1.35 bits per heavy atom. The number of esters is 2. The monoisotopic (exact) mass is 283 g/mol. The molecule has 0 saturated carbocycles. The van der Waals surface area contributed by atoms with Crippen LogP contribution in [0.2, 0.25) is 0 Å². The fourth-order valence-corrected chi connectivity index (χ4v) is 1.39. The van der Waals surface area contributed by atoms with Gasteiger partial charge >= 0.3 is 11.9 Å². The Bertz CT molecular complexity index is 541. The standard InChI is InChI=1S/C12H13NO7/c1-7-4-5-10(11(6-7)18-8(2)14)12(15)19-9(3)20-13(16)17/h4-6,9H,1-3H3. The number of carbonyl (C=O) groups is 2. The van der Waals surface area contributed by atoms with Crippen LogP contribution < -0.4 is 4.74 Å². The van der Waals surface area contributed by atoms with Crippen LogP contribution in [-0.2, 0) is 14.4 Å². The van der Waals surface area contributed by atoms with Crippen molar-refractivity contribution < 1.29 is 29.0 Å². The SMILES string of the molecule is CC(=O)Oc1cc(C)ccc1C(=O)OC(C)O[N+](=O)[O-]. The molecule has 0 spiro atoms. The number of hydrogen-bond acceptors (Lipinski definition) is 7. The smallest absolute Gasteiger partial charge is 0.344 e. The van der Waals surface area contributed by atoms with Crippen LogP contribution in [0.15, 0.2) is 18.2 Å². The number of ether oxygens (including phenoxy) is 2. The minimum absolute atomic E-state index is 0.0235. The number of nitrogens with zero attached hydrogens (tertiary/aromatic N) is 1. The molecule has 0 N–H and O–H groups in total. The van der Waals surface area contributed by atoms with Gasteiger partial charge in [-0.1, -0.05) is 6.07 Å². The highest BCUT2D eigenvalue weighted by molar-refractivity contribution is 5.93. The molecule has 0 aliphatic carbocycles. The molecule has 0 bridgehead atoms. The van der Waals surface area contributed by atoms with Crippen molar-refractivity contribution in [2.75, 3.05) is 0 Å². The highest BCUT2D eigenvalue weighted by atomic mass is 17.0. The molecule has 0 saturated heterocycles. The first kappa shape index (κ1) is 15.4. The predicted molar refractivity (Wildman–Crippen MR) is 65.4 cm³/mol. The van der Waals surface area contributed by atoms with Crippen LogP contribution in [0.1, 0.15) is 29.8 Å². The minimum Gasteiger partial charge on any atom is -0.432 e. The van der Waals surface area contributed by atoms with Gasteiger partial charge in [0, 0.05) is 6.92 Å². The summed E-state index contributed by atoms with van der Waals surface area (Å²) in [6.07, 6.45) is -1.37. The maximum atomic E-state index is 11.8. The van der Waals surface area contributed by atoms with Crippen LogP contribution >= 0.6 is 0 Å². The molecule has 0 heterocycles. The maximum absolute atomic E-state index is 11.8. The van der Waals surface area contributed by atoms with Gasteiger partial charge in [-0.15, -0.1) is 10.1 Å². The van der Waals surface area contributed by atoms with Crippen molar-refractivity contribution in [2.24, 2.45) is 0 Å². The molecule has 0 aromatic heterocycles. The van der Waals surface area contributed by atoms with E-state index in [2.05, 4.69) is 4.84 Å². The summed E-state index contributed by atoms with van der Waals surface area (Å²) in [7, 11) is 0. The third-order valence-corrected chi connectivity index (χ3v) is 2.12. The first-order valence-corrected chi connectivity index (χ1v) is 5.61. The van der Waals surface area contributed by atoms with Crippen molar-refractivity contribution in [3.63, 3.8) is 0 Å². The highest BCUT2D eigenvalue weighted by Crippen LogP contribution is 2.22. The second-order valence-corrected chi connectivity index (χ2v) is 3.90. The van der Waals surface area contributed by atoms with E-state index in [4.69, 9.17) is 9.47 Å². The van der Waals surface area contributed by atoms with E-state index < -0.39 is 23.3 Å². The van der Waals surface area contributed by atoms with E-state index in [1.807, 2.05) is 0 Å². The largest absolute Gasteiger partial charge is 0.432 e. The maximum Gasteiger partial charge on any atom is 0.344 e. The van der Waals surface area contributed by atoms with E-state index in [9.17, 15) is 19.7 Å². The zero-order chi connectivity index (χ0) is 15.3. The molecule has 1 aromatic rings. The topological polar surface area (TPSA) is 105 Å². The second-order valence-electron chi connectivity index (χ2n) is 3.90. The summed E-state index contributed by atoms with van der Waals surface area (Å²) in [6, 6.07) is 4.49. The minimum atomic E-state index is -1.37. The van der Waals surface area contributed by atoms with Gasteiger partial charge in [-0.25, -0.2) is 4.79 Å². The van der Waals surface area contributed by atoms with E-state index in [0.29, 0.717) is 0 Å². The predicted octanol–water partition coefficient (Wildman–Crippen LogP) is 1.63. The van der Waals surface area contributed by atoms with Crippen LogP contribution in [-0.4, -0.2) is 23.3 Å². The number of benzene rings is 1. The van der Waals surface area contributed by atoms with Gasteiger partial charge in [-0.2, -0.15) is 0 Å². The normalized spacial score (nSPS) is 11.3. The lowest BCUT2D eigenvalue weighted by Crippen LogP contribution is -2.21. The van der Waals surface area contributed by atoms with Gasteiger partial charge in [0.2, 0.25) is 6.29 Å². The van der Waals surface area contributed by atoms with Gasteiger partial charge in [-0.3, -0.25) is 9.63 Å². The van der Waals surface area contributed by atoms with Gasteiger partial charge in [0.25, 0.3) is 5.09 Å². The number of carbonyl (C=O) groups excluding carboxylic acids is 2. The number of hydrogen-bond donors (Lipinski definition) is 0. The van der Waals surface area contributed by atoms with Crippen LogP contribution in [0.4, 0.5) is 0 Å². The summed E-state index contributed by atoms with van der Waals surface area (Å²) < 4.78 is 9.61. The molecule has 1 unspecified atom stereocenters. The molecule has 1 aromatic carbocycles. The van der Waals surface area contributed by atoms with E-state index >= 15 is 0 Å². The van der Waals surface area contributed by atoms with E-state index in [1.165, 1.54) is 26.0 Å². The van der Waals surface area contributed by atoms with Crippen molar-refractivity contribution in [1.29, 1.82) is 0 Å². The Labute approximate surface area is 114 Å². The molecule has 8 heteroatoms. The summed E-state index contributed by atoms with van der Waals surface area (Å²) in [5, 5.41) is 9.04. The summed E-state index contributed by atoms with van der Waals surface area (Å²) in [4.78, 5) is 37.0. The molecule has 0 aliphatic heterocycles. The summed E-state index contributed by atoms with van der Waals surface area (Å²) in [5.41, 5.74) is 0.747. The van der Waals surface area contributed by atoms with Crippen LogP contribution in [0.25, 0.3) is 0 Å². The highest BCUT2D eigenvalue weighted by Gasteiger charge is 2.19. The van der Waals surface area contributed by atoms with Crippen LogP contribution in [0.3, 0.4) is 0 Å². The summed E-state index contributed by atoms with van der Waals surface area (Å²) >= 11 is 0. The first-order chi connectivity index (χ1) is 9.29. The zero-order valence-electron chi connectivity index (χ0n) is 11.1. The Morgan fingerprint density at radius 2 is 2.00 bits per heavy atom. The first-order valence-electron chi connectivity index (χ1n) is 5.61. The lowest BCUT2D eigenvalue weighted by Gasteiger charge is -2.13. The van der Waals surface area contributed by atoms with Crippen LogP contribution in [0.5, 0.6) is 5.75 Å². The number of aryl methyl sites for hydroxylation is 1. The summed E-state index contributed by atoms with van der Waals surface area (Å²) in [5.74, 6) is -1.47. The zero-order valence-corrected chi connectivity index (χ0v) is 11.1. The van der Waals surface area contributed by atoms with E-state index in [-0.39, 0.29) is 11.3 Å². The molecule has 1 rings (SSSR count). The molecule has 8 nitrogen and oxygen atoms in total. The molecule has 0 fully saturated rings. The average Bonchev–Trinajstić information content (AvgIpc) is 2.26. The fraction of sp³-hybridized carbons (Fsp3) is 0.333. The van der Waals surface area contributed by atoms with Crippen molar-refractivity contribution in [2.45, 2.75) is 27.1 Å². The van der Waals surface area contributed by atoms with Gasteiger partial charge in [0.05, 0.1) is 0 Å². The van der Waals surface area contributed by atoms with E-state index in [1.54, 1.807) is 13.0 Å². The molecular formula is C12H13NO7. The Balaban J connectivity index is 2.91. The Morgan fingerprint density at radius 3 is 2.55 bits per heavy atom. The molecule has 20 heavy (non-hydrogen) atoms. The van der Waals surface area contributed by atoms with Crippen LogP contribution in [0, 0.1) is 17.0 Å². The third-order valence-electron chi connectivity index (χ3n) is 2.12. The number of rotatable bonds is 5. The molecule has 108 valence electrons. The quantitative estimate of drug-likeness (QED) is 0.266. The lowest BCUT2D eigenvalue weighted by molar-refractivity contribution is -0.777. The van der Waals surface area contributed by atoms with Gasteiger partial charge in [0.15, 0.2) is 0 Å². The second kappa shape index (κ2) is 6.50. The fourth-order valence-electron chi connectivity index (χ4n) is 1.39. The molecular weight excluding hydrogens is 270 g/mol. The van der Waals surface area contributed by atoms with Gasteiger partial charge in [-0.05, 0) is 31.5 Å². The molecule has 1 atom stereocenters. The van der Waals surface area contributed by atoms with Crippen molar-refractivity contribution >= 4 is 11.9 Å². The van der Waals surface area contributed by atoms with Gasteiger partial charge in [0.1, 0.15) is 11.3 Å². The Kier molecular flexibility index (Phi) is 5.01.